The normalized spacial score (nSPS) is 13.6. The van der Waals surface area contributed by atoms with Gasteiger partial charge in [0.1, 0.15) is 19.3 Å². The molecule has 0 aromatic rings. The van der Waals surface area contributed by atoms with E-state index in [0.29, 0.717) is 24.1 Å². The van der Waals surface area contributed by atoms with Gasteiger partial charge in [0.15, 0.2) is 0 Å². The Morgan fingerprint density at radius 3 is 1.23 bits per heavy atom. The Labute approximate surface area is 386 Å². The summed E-state index contributed by atoms with van der Waals surface area (Å²) in [5.74, 6) is -0.330. The van der Waals surface area contributed by atoms with E-state index in [1.165, 1.54) is 212 Å². The number of nitrogens with zero attached hydrogens (tertiary/aromatic N) is 1. The second-order valence-electron chi connectivity index (χ2n) is 19.6. The Kier molecular flexibility index (Phi) is 46.2. The van der Waals surface area contributed by atoms with Crippen LogP contribution in [-0.4, -0.2) is 70.7 Å². The Morgan fingerprint density at radius 1 is 0.484 bits per heavy atom. The summed E-state index contributed by atoms with van der Waals surface area (Å²) >= 11 is 0. The molecule has 0 rings (SSSR count). The molecular formula is C53H106NO7P. The van der Waals surface area contributed by atoms with Crippen molar-refractivity contribution in [3.8, 4) is 0 Å². The smallest absolute Gasteiger partial charge is 0.306 e. The lowest BCUT2D eigenvalue weighted by Crippen LogP contribution is -2.37. The van der Waals surface area contributed by atoms with Crippen LogP contribution in [0, 0.1) is 0 Å². The van der Waals surface area contributed by atoms with Gasteiger partial charge < -0.3 is 27.9 Å². The van der Waals surface area contributed by atoms with Gasteiger partial charge in [-0.15, -0.1) is 0 Å². The van der Waals surface area contributed by atoms with Gasteiger partial charge in [0.25, 0.3) is 7.82 Å². The molecule has 0 aromatic carbocycles. The van der Waals surface area contributed by atoms with Crippen LogP contribution >= 0.6 is 7.82 Å². The number of likely N-dealkylation sites (N-methyl/N-ethyl adjacent to an activating group) is 1. The van der Waals surface area contributed by atoms with Crippen molar-refractivity contribution in [1.82, 2.24) is 0 Å². The third-order valence-corrected chi connectivity index (χ3v) is 13.0. The molecule has 0 bridgehead atoms. The number of ether oxygens (including phenoxy) is 2. The van der Waals surface area contributed by atoms with E-state index in [2.05, 4.69) is 26.0 Å². The highest BCUT2D eigenvalue weighted by atomic mass is 31.2. The van der Waals surface area contributed by atoms with Gasteiger partial charge in [0.05, 0.1) is 34.4 Å². The number of esters is 1. The molecule has 0 aromatic heterocycles. The Morgan fingerprint density at radius 2 is 0.839 bits per heavy atom. The maximum atomic E-state index is 12.8. The molecule has 2 atom stereocenters. The minimum Gasteiger partial charge on any atom is -0.756 e. The number of allylic oxidation sites excluding steroid dienone is 2. The lowest BCUT2D eigenvalue weighted by Gasteiger charge is -2.28. The topological polar surface area (TPSA) is 94.1 Å². The summed E-state index contributed by atoms with van der Waals surface area (Å²) in [6, 6.07) is 0. The number of phosphoric ester groups is 1. The van der Waals surface area contributed by atoms with Crippen molar-refractivity contribution >= 4 is 13.8 Å². The largest absolute Gasteiger partial charge is 0.756 e. The van der Waals surface area contributed by atoms with Crippen LogP contribution in [0.15, 0.2) is 12.2 Å². The third kappa shape index (κ3) is 50.2. The van der Waals surface area contributed by atoms with Crippen molar-refractivity contribution in [2.45, 2.75) is 270 Å². The van der Waals surface area contributed by atoms with E-state index in [9.17, 15) is 14.3 Å². The average Bonchev–Trinajstić information content (AvgIpc) is 3.23. The summed E-state index contributed by atoms with van der Waals surface area (Å²) < 4.78 is 34.8. The molecule has 8 nitrogen and oxygen atoms in total. The van der Waals surface area contributed by atoms with Gasteiger partial charge in [-0.05, 0) is 38.5 Å². The molecule has 0 N–H and O–H groups in total. The lowest BCUT2D eigenvalue weighted by molar-refractivity contribution is -0.870. The van der Waals surface area contributed by atoms with Crippen LogP contribution in [0.1, 0.15) is 264 Å². The number of hydrogen-bond acceptors (Lipinski definition) is 7. The molecule has 0 heterocycles. The highest BCUT2D eigenvalue weighted by Crippen LogP contribution is 2.38. The average molecular weight is 900 g/mol. The molecule has 370 valence electrons. The lowest BCUT2D eigenvalue weighted by atomic mass is 10.0. The van der Waals surface area contributed by atoms with Gasteiger partial charge in [0, 0.05) is 13.0 Å². The van der Waals surface area contributed by atoms with E-state index in [1.807, 2.05) is 21.1 Å². The van der Waals surface area contributed by atoms with Crippen molar-refractivity contribution in [3.05, 3.63) is 12.2 Å². The van der Waals surface area contributed by atoms with Crippen LogP contribution in [0.3, 0.4) is 0 Å². The van der Waals surface area contributed by atoms with E-state index in [1.54, 1.807) is 0 Å². The molecule has 0 aliphatic rings. The zero-order valence-electron chi connectivity index (χ0n) is 42.1. The summed E-state index contributed by atoms with van der Waals surface area (Å²) in [4.78, 5) is 25.2. The van der Waals surface area contributed by atoms with Gasteiger partial charge in [0.2, 0.25) is 0 Å². The SMILES string of the molecule is CCCCCCCC/C=C\CCCCCCCCCCCC(=O)OC(COCCCCCCCCCCCCCCCCCCCCCCC)COP(=O)([O-])OCC[N+](C)(C)C. The minimum atomic E-state index is -4.53. The summed E-state index contributed by atoms with van der Waals surface area (Å²) in [6.45, 7) is 5.48. The Hall–Kier alpha value is -0.760. The number of rotatable bonds is 51. The van der Waals surface area contributed by atoms with Crippen LogP contribution in [-0.2, 0) is 27.9 Å². The third-order valence-electron chi connectivity index (χ3n) is 12.1. The van der Waals surface area contributed by atoms with Crippen LogP contribution in [0.2, 0.25) is 0 Å². The second-order valence-corrected chi connectivity index (χ2v) is 21.0. The van der Waals surface area contributed by atoms with Gasteiger partial charge in [-0.25, -0.2) is 0 Å². The van der Waals surface area contributed by atoms with Crippen LogP contribution < -0.4 is 4.89 Å². The number of hydrogen-bond donors (Lipinski definition) is 0. The van der Waals surface area contributed by atoms with Crippen molar-refractivity contribution < 1.29 is 37.3 Å². The van der Waals surface area contributed by atoms with E-state index in [-0.39, 0.29) is 25.8 Å². The van der Waals surface area contributed by atoms with Crippen molar-refractivity contribution in [1.29, 1.82) is 0 Å². The van der Waals surface area contributed by atoms with E-state index >= 15 is 0 Å². The van der Waals surface area contributed by atoms with Gasteiger partial charge in [-0.2, -0.15) is 0 Å². The fourth-order valence-electron chi connectivity index (χ4n) is 7.90. The van der Waals surface area contributed by atoms with Crippen LogP contribution in [0.25, 0.3) is 0 Å². The van der Waals surface area contributed by atoms with Gasteiger partial charge >= 0.3 is 5.97 Å². The highest BCUT2D eigenvalue weighted by molar-refractivity contribution is 7.45. The molecule has 0 saturated heterocycles. The number of carbonyl (C=O) groups excluding carboxylic acids is 1. The first kappa shape index (κ1) is 61.2. The van der Waals surface area contributed by atoms with Gasteiger partial charge in [-0.3, -0.25) is 9.36 Å². The number of quaternary nitrogens is 1. The standard InChI is InChI=1S/C53H106NO7P/c1-6-8-10-12-14-16-18-20-22-24-26-27-29-31-33-35-37-39-41-43-45-48-58-50-52(51-60-62(56,57)59-49-47-54(3,4)5)61-53(55)46-44-42-40-38-36-34-32-30-28-25-23-21-19-17-15-13-11-9-7-2/h21,23,52H,6-20,22,24-51H2,1-5H3/b23-21-. The van der Waals surface area contributed by atoms with Gasteiger partial charge in [-0.1, -0.05) is 231 Å². The Bertz CT molecular complexity index is 1000. The molecular weight excluding hydrogens is 794 g/mol. The monoisotopic (exact) mass is 900 g/mol. The first-order valence-corrected chi connectivity index (χ1v) is 28.4. The maximum Gasteiger partial charge on any atom is 0.306 e. The van der Waals surface area contributed by atoms with Crippen LogP contribution in [0.5, 0.6) is 0 Å². The molecule has 9 heteroatoms. The molecule has 0 fully saturated rings. The quantitative estimate of drug-likeness (QED) is 0.0197. The molecule has 62 heavy (non-hydrogen) atoms. The zero-order chi connectivity index (χ0) is 45.5. The first-order valence-electron chi connectivity index (χ1n) is 26.9. The minimum absolute atomic E-state index is 0.0295. The number of unbranched alkanes of at least 4 members (excludes halogenated alkanes) is 35. The predicted molar refractivity (Wildman–Crippen MR) is 264 cm³/mol. The van der Waals surface area contributed by atoms with E-state index in [4.69, 9.17) is 18.5 Å². The number of carbonyl (C=O) groups is 1. The van der Waals surface area contributed by atoms with E-state index in [0.717, 1.165) is 32.1 Å². The van der Waals surface area contributed by atoms with E-state index < -0.39 is 13.9 Å². The fraction of sp³-hybridized carbons (Fsp3) is 0.943. The second kappa shape index (κ2) is 46.8. The molecule has 0 aliphatic heterocycles. The number of phosphoric acid groups is 1. The van der Waals surface area contributed by atoms with Crippen molar-refractivity contribution in [3.63, 3.8) is 0 Å². The molecule has 0 radical (unpaired) electrons. The van der Waals surface area contributed by atoms with Crippen molar-refractivity contribution in [2.24, 2.45) is 0 Å². The zero-order valence-corrected chi connectivity index (χ0v) is 43.0. The summed E-state index contributed by atoms with van der Waals surface area (Å²) in [6.07, 6.45) is 53.8. The summed E-state index contributed by atoms with van der Waals surface area (Å²) in [7, 11) is 1.37. The molecule has 2 unspecified atom stereocenters. The Balaban J connectivity index is 4.07. The maximum absolute atomic E-state index is 12.8. The summed E-state index contributed by atoms with van der Waals surface area (Å²) in [5.41, 5.74) is 0. The van der Waals surface area contributed by atoms with Crippen LogP contribution in [0.4, 0.5) is 0 Å². The molecule has 0 aliphatic carbocycles. The first-order chi connectivity index (χ1) is 30.1. The fourth-order valence-corrected chi connectivity index (χ4v) is 8.63. The summed E-state index contributed by atoms with van der Waals surface area (Å²) in [5, 5.41) is 0. The highest BCUT2D eigenvalue weighted by Gasteiger charge is 2.20. The predicted octanol–water partition coefficient (Wildman–Crippen LogP) is 15.9. The molecule has 0 amide bonds. The molecule has 0 saturated carbocycles. The molecule has 0 spiro atoms. The van der Waals surface area contributed by atoms with Crippen molar-refractivity contribution in [2.75, 3.05) is 54.1 Å².